The summed E-state index contributed by atoms with van der Waals surface area (Å²) in [5.74, 6) is -0.234. The zero-order chi connectivity index (χ0) is 16.0. The average molecular weight is 320 g/mol. The van der Waals surface area contributed by atoms with E-state index < -0.39 is 7.60 Å². The zero-order valence-electron chi connectivity index (χ0n) is 13.8. The summed E-state index contributed by atoms with van der Waals surface area (Å²) >= 11 is 0. The van der Waals surface area contributed by atoms with E-state index in [-0.39, 0.29) is 30.2 Å². The predicted octanol–water partition coefficient (Wildman–Crippen LogP) is 4.15. The fraction of sp³-hybridized carbons (Fsp3) is 0.933. The van der Waals surface area contributed by atoms with Crippen LogP contribution in [-0.2, 0) is 23.1 Å². The molecule has 0 saturated heterocycles. The van der Waals surface area contributed by atoms with Gasteiger partial charge in [-0.3, -0.25) is 9.36 Å². The first kappa shape index (κ1) is 18.7. The maximum absolute atomic E-state index is 12.9. The van der Waals surface area contributed by atoms with Crippen LogP contribution in [0, 0.1) is 5.92 Å². The van der Waals surface area contributed by atoms with Gasteiger partial charge in [-0.05, 0) is 47.0 Å². The highest BCUT2D eigenvalue weighted by atomic mass is 31.2. The molecule has 0 spiro atoms. The van der Waals surface area contributed by atoms with Crippen LogP contribution in [0.2, 0.25) is 0 Å². The number of esters is 1. The monoisotopic (exact) mass is 320 g/mol. The van der Waals surface area contributed by atoms with Crippen LogP contribution in [0.3, 0.4) is 0 Å². The molecule has 0 aliphatic heterocycles. The molecule has 0 unspecified atom stereocenters. The molecule has 1 aliphatic carbocycles. The van der Waals surface area contributed by atoms with Crippen molar-refractivity contribution in [2.75, 3.05) is 6.16 Å². The summed E-state index contributed by atoms with van der Waals surface area (Å²) in [6, 6.07) is 0. The van der Waals surface area contributed by atoms with Crippen molar-refractivity contribution in [2.45, 2.75) is 78.6 Å². The lowest BCUT2D eigenvalue weighted by Crippen LogP contribution is -2.32. The molecule has 0 radical (unpaired) electrons. The number of rotatable bonds is 7. The Bertz CT molecular complexity index is 366. The lowest BCUT2D eigenvalue weighted by Gasteiger charge is -2.33. The minimum Gasteiger partial charge on any atom is -0.462 e. The third-order valence-electron chi connectivity index (χ3n) is 3.36. The number of carbonyl (C=O) groups excluding carboxylic acids is 1. The standard InChI is InChI=1S/C15H29O5P/c1-11(2)19-21(17,20-12(3)4)10-14-8-6-7-9-15(14)18-13(5)16/h11-12,14-15H,6-10H2,1-5H3/t14-,15+/m1/s1. The first-order valence-corrected chi connectivity index (χ1v) is 9.57. The molecule has 1 aliphatic rings. The second-order valence-corrected chi connectivity index (χ2v) is 8.30. The number of hydrogen-bond donors (Lipinski definition) is 0. The zero-order valence-corrected chi connectivity index (χ0v) is 14.7. The van der Waals surface area contributed by atoms with E-state index in [2.05, 4.69) is 0 Å². The highest BCUT2D eigenvalue weighted by Gasteiger charge is 2.37. The molecule has 5 nitrogen and oxygen atoms in total. The number of carbonyl (C=O) groups is 1. The van der Waals surface area contributed by atoms with Crippen LogP contribution in [0.4, 0.5) is 0 Å². The average Bonchev–Trinajstić information content (AvgIpc) is 2.28. The summed E-state index contributed by atoms with van der Waals surface area (Å²) in [4.78, 5) is 11.2. The van der Waals surface area contributed by atoms with Crippen molar-refractivity contribution < 1.29 is 23.1 Å². The van der Waals surface area contributed by atoms with E-state index in [1.54, 1.807) is 0 Å². The van der Waals surface area contributed by atoms with Gasteiger partial charge in [0.15, 0.2) is 0 Å². The summed E-state index contributed by atoms with van der Waals surface area (Å²) in [5.41, 5.74) is 0. The van der Waals surface area contributed by atoms with Crippen LogP contribution in [-0.4, -0.2) is 30.4 Å². The molecule has 6 heteroatoms. The van der Waals surface area contributed by atoms with E-state index in [1.807, 2.05) is 27.7 Å². The SMILES string of the molecule is CC(=O)O[C@H]1CCCC[C@@H]1CP(=O)(OC(C)C)OC(C)C. The molecule has 0 aromatic rings. The van der Waals surface area contributed by atoms with Crippen molar-refractivity contribution in [2.24, 2.45) is 5.92 Å². The topological polar surface area (TPSA) is 61.8 Å². The van der Waals surface area contributed by atoms with Gasteiger partial charge in [0.05, 0.1) is 18.4 Å². The molecule has 2 atom stereocenters. The second-order valence-electron chi connectivity index (χ2n) is 6.29. The van der Waals surface area contributed by atoms with Crippen molar-refractivity contribution in [3.8, 4) is 0 Å². The van der Waals surface area contributed by atoms with Crippen LogP contribution < -0.4 is 0 Å². The van der Waals surface area contributed by atoms with Gasteiger partial charge in [-0.1, -0.05) is 6.42 Å². The quantitative estimate of drug-likeness (QED) is 0.521. The second kappa shape index (κ2) is 8.30. The van der Waals surface area contributed by atoms with Gasteiger partial charge in [-0.2, -0.15) is 0 Å². The molecule has 0 amide bonds. The lowest BCUT2D eigenvalue weighted by atomic mass is 9.88. The molecule has 0 aromatic heterocycles. The molecule has 0 aromatic carbocycles. The van der Waals surface area contributed by atoms with E-state index in [4.69, 9.17) is 13.8 Å². The van der Waals surface area contributed by atoms with Gasteiger partial charge in [0, 0.05) is 12.8 Å². The van der Waals surface area contributed by atoms with Gasteiger partial charge in [-0.15, -0.1) is 0 Å². The van der Waals surface area contributed by atoms with Crippen LogP contribution in [0.1, 0.15) is 60.3 Å². The number of ether oxygens (including phenoxy) is 1. The first-order valence-electron chi connectivity index (χ1n) is 7.85. The van der Waals surface area contributed by atoms with Crippen molar-refractivity contribution >= 4 is 13.6 Å². The highest BCUT2D eigenvalue weighted by molar-refractivity contribution is 7.53. The van der Waals surface area contributed by atoms with Gasteiger partial charge in [0.1, 0.15) is 6.10 Å². The Balaban J connectivity index is 2.78. The molecular weight excluding hydrogens is 291 g/mol. The minimum atomic E-state index is -3.17. The Morgan fingerprint density at radius 2 is 1.62 bits per heavy atom. The Hall–Kier alpha value is -0.380. The molecule has 1 saturated carbocycles. The van der Waals surface area contributed by atoms with Crippen molar-refractivity contribution in [3.05, 3.63) is 0 Å². The smallest absolute Gasteiger partial charge is 0.331 e. The van der Waals surface area contributed by atoms with E-state index in [1.165, 1.54) is 6.92 Å². The number of hydrogen-bond acceptors (Lipinski definition) is 5. The maximum Gasteiger partial charge on any atom is 0.331 e. The molecule has 0 heterocycles. The van der Waals surface area contributed by atoms with E-state index in [0.29, 0.717) is 6.16 Å². The Labute approximate surface area is 128 Å². The molecule has 124 valence electrons. The van der Waals surface area contributed by atoms with Crippen LogP contribution in [0.25, 0.3) is 0 Å². The summed E-state index contributed by atoms with van der Waals surface area (Å²) in [5, 5.41) is 0. The molecule has 1 rings (SSSR count). The summed E-state index contributed by atoms with van der Waals surface area (Å²) in [6.45, 7) is 8.81. The highest BCUT2D eigenvalue weighted by Crippen LogP contribution is 2.53. The van der Waals surface area contributed by atoms with Gasteiger partial charge in [0.25, 0.3) is 0 Å². The maximum atomic E-state index is 12.9. The molecule has 0 bridgehead atoms. The normalized spacial score (nSPS) is 23.6. The fourth-order valence-electron chi connectivity index (χ4n) is 2.79. The lowest BCUT2D eigenvalue weighted by molar-refractivity contribution is -0.150. The van der Waals surface area contributed by atoms with E-state index >= 15 is 0 Å². The van der Waals surface area contributed by atoms with Crippen molar-refractivity contribution in [1.29, 1.82) is 0 Å². The van der Waals surface area contributed by atoms with Crippen LogP contribution in [0.15, 0.2) is 0 Å². The molecule has 0 N–H and O–H groups in total. The summed E-state index contributed by atoms with van der Waals surface area (Å²) in [6.07, 6.45) is 3.65. The van der Waals surface area contributed by atoms with Crippen molar-refractivity contribution in [3.63, 3.8) is 0 Å². The summed E-state index contributed by atoms with van der Waals surface area (Å²) in [7, 11) is -3.17. The van der Waals surface area contributed by atoms with Gasteiger partial charge >= 0.3 is 13.6 Å². The van der Waals surface area contributed by atoms with Gasteiger partial charge in [0.2, 0.25) is 0 Å². The first-order chi connectivity index (χ1) is 9.72. The molecular formula is C15H29O5P. The van der Waals surface area contributed by atoms with Gasteiger partial charge < -0.3 is 13.8 Å². The van der Waals surface area contributed by atoms with Crippen molar-refractivity contribution in [1.82, 2.24) is 0 Å². The van der Waals surface area contributed by atoms with Gasteiger partial charge in [-0.25, -0.2) is 0 Å². The molecule has 1 fully saturated rings. The minimum absolute atomic E-state index is 0.0472. The Morgan fingerprint density at radius 3 is 2.10 bits per heavy atom. The Morgan fingerprint density at radius 1 is 1.10 bits per heavy atom. The van der Waals surface area contributed by atoms with E-state index in [0.717, 1.165) is 25.7 Å². The predicted molar refractivity (Wildman–Crippen MR) is 82.4 cm³/mol. The third-order valence-corrected chi connectivity index (χ3v) is 5.76. The van der Waals surface area contributed by atoms with Crippen LogP contribution in [0.5, 0.6) is 0 Å². The van der Waals surface area contributed by atoms with Crippen LogP contribution >= 0.6 is 7.60 Å². The summed E-state index contributed by atoms with van der Waals surface area (Å²) < 4.78 is 29.5. The third kappa shape index (κ3) is 6.94. The fourth-order valence-corrected chi connectivity index (χ4v) is 5.29. The largest absolute Gasteiger partial charge is 0.462 e. The van der Waals surface area contributed by atoms with E-state index in [9.17, 15) is 9.36 Å². The molecule has 21 heavy (non-hydrogen) atoms. The Kier molecular flexibility index (Phi) is 7.38.